The number of aliphatic hydroxyl groups is 1. The third-order valence-corrected chi connectivity index (χ3v) is 3.68. The Morgan fingerprint density at radius 1 is 1.47 bits per heavy atom. The molecular weight excluding hydrogens is 277 g/mol. The van der Waals surface area contributed by atoms with Crippen LogP contribution in [-0.4, -0.2) is 17.7 Å². The Morgan fingerprint density at radius 3 is 2.47 bits per heavy atom. The molecule has 0 aromatic carbocycles. The molecule has 1 atom stereocenters. The van der Waals surface area contributed by atoms with Gasteiger partial charge in [-0.15, -0.1) is 23.7 Å². The third kappa shape index (κ3) is 4.89. The molecule has 0 spiro atoms. The molecule has 0 fully saturated rings. The van der Waals surface area contributed by atoms with E-state index in [1.807, 2.05) is 13.8 Å². The smallest absolute Gasteiger partial charge is 0.112 e. The van der Waals surface area contributed by atoms with Crippen LogP contribution in [0.4, 0.5) is 0 Å². The van der Waals surface area contributed by atoms with Crippen LogP contribution in [0.2, 0.25) is 9.36 Å². The van der Waals surface area contributed by atoms with Crippen molar-refractivity contribution < 1.29 is 5.11 Å². The van der Waals surface area contributed by atoms with Gasteiger partial charge in [0.1, 0.15) is 10.4 Å². The van der Waals surface area contributed by atoms with Gasteiger partial charge < -0.3 is 10.4 Å². The fourth-order valence-electron chi connectivity index (χ4n) is 0.975. The maximum absolute atomic E-state index is 9.74. The summed E-state index contributed by atoms with van der Waals surface area (Å²) in [6.45, 7) is 4.58. The summed E-state index contributed by atoms with van der Waals surface area (Å²) in [6, 6.07) is 2.07. The van der Waals surface area contributed by atoms with E-state index in [0.29, 0.717) is 21.9 Å². The molecule has 0 radical (unpaired) electrons. The minimum atomic E-state index is -0.535. The minimum absolute atomic E-state index is 0. The fourth-order valence-corrected chi connectivity index (χ4v) is 2.35. The zero-order valence-corrected chi connectivity index (χ0v) is 11.6. The molecule has 0 bridgehead atoms. The Bertz CT molecular complexity index is 284. The molecule has 1 rings (SSSR count). The maximum atomic E-state index is 9.74. The van der Waals surface area contributed by atoms with Crippen LogP contribution in [0.3, 0.4) is 0 Å². The summed E-state index contributed by atoms with van der Waals surface area (Å²) >= 11 is 12.9. The molecule has 2 N–H and O–H groups in total. The van der Waals surface area contributed by atoms with Gasteiger partial charge in [-0.3, -0.25) is 0 Å². The van der Waals surface area contributed by atoms with Crippen molar-refractivity contribution in [2.75, 3.05) is 6.54 Å². The Hall–Kier alpha value is 0.490. The van der Waals surface area contributed by atoms with E-state index in [1.54, 1.807) is 6.07 Å². The largest absolute Gasteiger partial charge is 0.386 e. The lowest BCUT2D eigenvalue weighted by Gasteiger charge is -2.12. The number of halogens is 3. The zero-order chi connectivity index (χ0) is 10.7. The molecular formula is C9H14Cl3NOS. The van der Waals surface area contributed by atoms with Gasteiger partial charge in [-0.05, 0) is 6.07 Å². The summed E-state index contributed by atoms with van der Waals surface area (Å²) in [5.41, 5.74) is 0. The van der Waals surface area contributed by atoms with E-state index in [4.69, 9.17) is 23.2 Å². The predicted octanol–water partition coefficient (Wildman–Crippen LogP) is 3.51. The summed E-state index contributed by atoms with van der Waals surface area (Å²) in [5.74, 6) is 0. The predicted molar refractivity (Wildman–Crippen MR) is 69.7 cm³/mol. The molecule has 1 aromatic heterocycles. The Labute approximate surface area is 110 Å². The SMILES string of the molecule is CC(C)NCC(O)c1cc(Cl)c(Cl)s1.Cl. The lowest BCUT2D eigenvalue weighted by molar-refractivity contribution is 0.175. The van der Waals surface area contributed by atoms with Crippen molar-refractivity contribution in [1.82, 2.24) is 5.32 Å². The molecule has 1 unspecified atom stereocenters. The molecule has 0 aliphatic rings. The van der Waals surface area contributed by atoms with Crippen molar-refractivity contribution in [2.24, 2.45) is 0 Å². The topological polar surface area (TPSA) is 32.3 Å². The van der Waals surface area contributed by atoms with Crippen molar-refractivity contribution in [3.05, 3.63) is 20.3 Å². The van der Waals surface area contributed by atoms with Crippen molar-refractivity contribution in [3.8, 4) is 0 Å². The zero-order valence-electron chi connectivity index (χ0n) is 8.46. The summed E-state index contributed by atoms with van der Waals surface area (Å²) in [4.78, 5) is 0.799. The van der Waals surface area contributed by atoms with E-state index in [-0.39, 0.29) is 12.4 Å². The monoisotopic (exact) mass is 289 g/mol. The van der Waals surface area contributed by atoms with Crippen molar-refractivity contribution in [3.63, 3.8) is 0 Å². The van der Waals surface area contributed by atoms with Crippen LogP contribution in [0.25, 0.3) is 0 Å². The van der Waals surface area contributed by atoms with Crippen LogP contribution in [0.5, 0.6) is 0 Å². The Balaban J connectivity index is 0.00000196. The lowest BCUT2D eigenvalue weighted by Crippen LogP contribution is -2.27. The number of hydrogen-bond donors (Lipinski definition) is 2. The maximum Gasteiger partial charge on any atom is 0.112 e. The number of hydrogen-bond acceptors (Lipinski definition) is 3. The second kappa shape index (κ2) is 6.94. The average Bonchev–Trinajstić information content (AvgIpc) is 2.43. The summed E-state index contributed by atoms with van der Waals surface area (Å²) in [6.07, 6.45) is -0.535. The van der Waals surface area contributed by atoms with Gasteiger partial charge in [-0.25, -0.2) is 0 Å². The molecule has 6 heteroatoms. The first-order chi connectivity index (χ1) is 6.50. The van der Waals surface area contributed by atoms with Crippen molar-refractivity contribution >= 4 is 46.9 Å². The van der Waals surface area contributed by atoms with Crippen LogP contribution < -0.4 is 5.32 Å². The molecule has 15 heavy (non-hydrogen) atoms. The number of aliphatic hydroxyl groups excluding tert-OH is 1. The highest BCUT2D eigenvalue weighted by Gasteiger charge is 2.13. The van der Waals surface area contributed by atoms with E-state index in [2.05, 4.69) is 5.32 Å². The Morgan fingerprint density at radius 2 is 2.07 bits per heavy atom. The van der Waals surface area contributed by atoms with E-state index < -0.39 is 6.10 Å². The van der Waals surface area contributed by atoms with Gasteiger partial charge in [-0.2, -0.15) is 0 Å². The highest BCUT2D eigenvalue weighted by atomic mass is 35.5. The number of thiophene rings is 1. The van der Waals surface area contributed by atoms with Gasteiger partial charge >= 0.3 is 0 Å². The van der Waals surface area contributed by atoms with Crippen LogP contribution in [0, 0.1) is 0 Å². The first-order valence-corrected chi connectivity index (χ1v) is 5.94. The minimum Gasteiger partial charge on any atom is -0.386 e. The van der Waals surface area contributed by atoms with Gasteiger partial charge in [-0.1, -0.05) is 37.0 Å². The molecule has 88 valence electrons. The van der Waals surface area contributed by atoms with Crippen LogP contribution in [0.1, 0.15) is 24.8 Å². The van der Waals surface area contributed by atoms with Crippen LogP contribution in [0.15, 0.2) is 6.07 Å². The third-order valence-electron chi connectivity index (χ3n) is 1.71. The number of rotatable bonds is 4. The van der Waals surface area contributed by atoms with Gasteiger partial charge in [0.15, 0.2) is 0 Å². The van der Waals surface area contributed by atoms with Gasteiger partial charge in [0.2, 0.25) is 0 Å². The fraction of sp³-hybridized carbons (Fsp3) is 0.556. The average molecular weight is 291 g/mol. The molecule has 0 aliphatic heterocycles. The van der Waals surface area contributed by atoms with Gasteiger partial charge in [0.25, 0.3) is 0 Å². The molecule has 1 heterocycles. The number of nitrogens with one attached hydrogen (secondary N) is 1. The van der Waals surface area contributed by atoms with E-state index in [1.165, 1.54) is 11.3 Å². The van der Waals surface area contributed by atoms with Crippen molar-refractivity contribution in [1.29, 1.82) is 0 Å². The second-order valence-corrected chi connectivity index (χ2v) is 5.44. The quantitative estimate of drug-likeness (QED) is 0.889. The first kappa shape index (κ1) is 15.5. The lowest BCUT2D eigenvalue weighted by atomic mass is 10.2. The van der Waals surface area contributed by atoms with E-state index in [0.717, 1.165) is 4.88 Å². The highest BCUT2D eigenvalue weighted by molar-refractivity contribution is 7.17. The van der Waals surface area contributed by atoms with E-state index >= 15 is 0 Å². The van der Waals surface area contributed by atoms with Crippen LogP contribution in [-0.2, 0) is 0 Å². The standard InChI is InChI=1S/C9H13Cl2NOS.ClH/c1-5(2)12-4-7(13)8-3-6(10)9(11)14-8;/h3,5,7,12-13H,4H2,1-2H3;1H. The molecule has 0 saturated carbocycles. The highest BCUT2D eigenvalue weighted by Crippen LogP contribution is 2.34. The second-order valence-electron chi connectivity index (χ2n) is 3.35. The molecule has 2 nitrogen and oxygen atoms in total. The van der Waals surface area contributed by atoms with E-state index in [9.17, 15) is 5.11 Å². The summed E-state index contributed by atoms with van der Waals surface area (Å²) in [7, 11) is 0. The Kier molecular flexibility index (Phi) is 7.17. The van der Waals surface area contributed by atoms with Crippen molar-refractivity contribution in [2.45, 2.75) is 26.0 Å². The summed E-state index contributed by atoms with van der Waals surface area (Å²) < 4.78 is 0.533. The van der Waals surface area contributed by atoms with Gasteiger partial charge in [0, 0.05) is 17.5 Å². The van der Waals surface area contributed by atoms with Gasteiger partial charge in [0.05, 0.1) is 5.02 Å². The van der Waals surface area contributed by atoms with Crippen LogP contribution >= 0.6 is 46.9 Å². The normalized spacial score (nSPS) is 12.7. The molecule has 0 amide bonds. The molecule has 1 aromatic rings. The molecule has 0 saturated heterocycles. The first-order valence-electron chi connectivity index (χ1n) is 4.37. The summed E-state index contributed by atoms with van der Waals surface area (Å²) in [5, 5.41) is 13.4. The molecule has 0 aliphatic carbocycles.